The zero-order chi connectivity index (χ0) is 20.9. The summed E-state index contributed by atoms with van der Waals surface area (Å²) >= 11 is 0. The monoisotopic (exact) mass is 408 g/mol. The molecule has 0 aliphatic rings. The second-order valence-corrected chi connectivity index (χ2v) is 11.8. The summed E-state index contributed by atoms with van der Waals surface area (Å²) in [5, 5.41) is 8.63. The molecule has 2 N–H and O–H groups in total. The van der Waals surface area contributed by atoms with Gasteiger partial charge in [0.1, 0.15) is 0 Å². The van der Waals surface area contributed by atoms with Gasteiger partial charge in [-0.05, 0) is 41.2 Å². The fourth-order valence-electron chi connectivity index (χ4n) is 3.73. The van der Waals surface area contributed by atoms with Crippen LogP contribution in [0.1, 0.15) is 43.4 Å². The first kappa shape index (κ1) is 21.0. The number of carbonyl (C=O) groups excluding carboxylic acids is 1. The van der Waals surface area contributed by atoms with Crippen molar-refractivity contribution in [1.82, 2.24) is 10.2 Å². The van der Waals surface area contributed by atoms with Crippen LogP contribution >= 0.6 is 0 Å². The Balaban J connectivity index is 1.87. The number of H-pyrrole nitrogens is 1. The standard InChI is InChI=1S/C23H28N2O3Si/c1-4-28-22(26)21-17-18(24-25-21)15-16-23(2,3)29(27,19-11-7-5-8-12-19)20-13-9-6-10-14-20/h5-14,17,27H,4,15-16H2,1-3H3,(H,24,25). The molecule has 0 unspecified atom stereocenters. The second kappa shape index (κ2) is 8.76. The first-order valence-electron chi connectivity index (χ1n) is 9.93. The van der Waals surface area contributed by atoms with Crippen molar-refractivity contribution in [2.24, 2.45) is 0 Å². The molecule has 0 saturated carbocycles. The number of carbonyl (C=O) groups is 1. The summed E-state index contributed by atoms with van der Waals surface area (Å²) < 4.78 is 5.00. The quantitative estimate of drug-likeness (QED) is 0.444. The Hall–Kier alpha value is -2.70. The van der Waals surface area contributed by atoms with Gasteiger partial charge in [0.2, 0.25) is 0 Å². The third-order valence-electron chi connectivity index (χ3n) is 5.50. The van der Waals surface area contributed by atoms with Gasteiger partial charge in [-0.15, -0.1) is 0 Å². The van der Waals surface area contributed by atoms with Crippen LogP contribution in [0, 0.1) is 0 Å². The third-order valence-corrected chi connectivity index (χ3v) is 10.0. The van der Waals surface area contributed by atoms with E-state index in [0.717, 1.165) is 22.5 Å². The number of esters is 1. The number of hydrogen-bond donors (Lipinski definition) is 2. The fourth-order valence-corrected chi connectivity index (χ4v) is 7.47. The lowest BCUT2D eigenvalue weighted by atomic mass is 10.1. The van der Waals surface area contributed by atoms with Crippen molar-refractivity contribution in [1.29, 1.82) is 0 Å². The van der Waals surface area contributed by atoms with Crippen molar-refractivity contribution in [3.05, 3.63) is 78.1 Å². The highest BCUT2D eigenvalue weighted by Gasteiger charge is 2.49. The molecule has 5 nitrogen and oxygen atoms in total. The van der Waals surface area contributed by atoms with Crippen LogP contribution in [0.15, 0.2) is 66.7 Å². The van der Waals surface area contributed by atoms with E-state index >= 15 is 0 Å². The van der Waals surface area contributed by atoms with Crippen LogP contribution in [-0.4, -0.2) is 35.9 Å². The summed E-state index contributed by atoms with van der Waals surface area (Å²) in [5.41, 5.74) is 1.15. The zero-order valence-corrected chi connectivity index (χ0v) is 18.2. The number of nitrogens with one attached hydrogen (secondary N) is 1. The van der Waals surface area contributed by atoms with E-state index < -0.39 is 14.3 Å². The molecule has 152 valence electrons. The third kappa shape index (κ3) is 4.33. The van der Waals surface area contributed by atoms with E-state index in [0.29, 0.717) is 18.7 Å². The van der Waals surface area contributed by atoms with E-state index in [-0.39, 0.29) is 5.04 Å². The zero-order valence-electron chi connectivity index (χ0n) is 17.2. The van der Waals surface area contributed by atoms with Crippen LogP contribution in [0.25, 0.3) is 0 Å². The largest absolute Gasteiger partial charge is 0.461 e. The number of aromatic nitrogens is 2. The lowest BCUT2D eigenvalue weighted by Crippen LogP contribution is -2.65. The summed E-state index contributed by atoms with van der Waals surface area (Å²) in [4.78, 5) is 24.0. The van der Waals surface area contributed by atoms with Crippen LogP contribution in [0.5, 0.6) is 0 Å². The van der Waals surface area contributed by atoms with E-state index in [9.17, 15) is 9.59 Å². The fraction of sp³-hybridized carbons (Fsp3) is 0.304. The van der Waals surface area contributed by atoms with Gasteiger partial charge >= 0.3 is 5.97 Å². The van der Waals surface area contributed by atoms with Gasteiger partial charge in [0.15, 0.2) is 5.69 Å². The highest BCUT2D eigenvalue weighted by Crippen LogP contribution is 2.39. The smallest absolute Gasteiger partial charge is 0.358 e. The molecule has 3 rings (SSSR count). The molecular formula is C23H28N2O3Si. The lowest BCUT2D eigenvalue weighted by molar-refractivity contribution is 0.0519. The maximum absolute atomic E-state index is 12.2. The maximum atomic E-state index is 12.2. The first-order valence-corrected chi connectivity index (χ1v) is 11.9. The number of benzene rings is 2. The van der Waals surface area contributed by atoms with Gasteiger partial charge in [-0.1, -0.05) is 74.5 Å². The Morgan fingerprint density at radius 1 is 1.07 bits per heavy atom. The van der Waals surface area contributed by atoms with Crippen molar-refractivity contribution in [3.8, 4) is 0 Å². The molecule has 6 heteroatoms. The summed E-state index contributed by atoms with van der Waals surface area (Å²) in [5.74, 6) is -0.422. The highest BCUT2D eigenvalue weighted by molar-refractivity contribution is 6.98. The molecule has 0 fully saturated rings. The molecule has 0 spiro atoms. The van der Waals surface area contributed by atoms with Gasteiger partial charge in [0.25, 0.3) is 8.32 Å². The minimum atomic E-state index is -3.04. The number of ether oxygens (including phenoxy) is 1. The Kier molecular flexibility index (Phi) is 6.35. The van der Waals surface area contributed by atoms with Crippen LogP contribution in [0.3, 0.4) is 0 Å². The van der Waals surface area contributed by atoms with Crippen LogP contribution < -0.4 is 10.4 Å². The van der Waals surface area contributed by atoms with E-state index in [1.54, 1.807) is 13.0 Å². The highest BCUT2D eigenvalue weighted by atomic mass is 28.4. The molecule has 3 aromatic rings. The summed E-state index contributed by atoms with van der Waals surface area (Å²) in [6, 6.07) is 21.7. The Morgan fingerprint density at radius 3 is 2.14 bits per heavy atom. The van der Waals surface area contributed by atoms with Gasteiger partial charge in [0.05, 0.1) is 6.61 Å². The minimum Gasteiger partial charge on any atom is -0.461 e. The topological polar surface area (TPSA) is 75.2 Å². The molecular weight excluding hydrogens is 380 g/mol. The first-order chi connectivity index (χ1) is 13.9. The van der Waals surface area contributed by atoms with E-state index in [2.05, 4.69) is 24.0 Å². The van der Waals surface area contributed by atoms with Crippen LogP contribution in [-0.2, 0) is 11.2 Å². The van der Waals surface area contributed by atoms with Crippen molar-refractivity contribution in [3.63, 3.8) is 0 Å². The van der Waals surface area contributed by atoms with Crippen LogP contribution in [0.2, 0.25) is 5.04 Å². The predicted molar refractivity (Wildman–Crippen MR) is 117 cm³/mol. The van der Waals surface area contributed by atoms with Crippen molar-refractivity contribution < 1.29 is 14.3 Å². The van der Waals surface area contributed by atoms with E-state index in [1.165, 1.54) is 0 Å². The number of aromatic amines is 1. The van der Waals surface area contributed by atoms with Crippen LogP contribution in [0.4, 0.5) is 0 Å². The van der Waals surface area contributed by atoms with Crippen molar-refractivity contribution in [2.75, 3.05) is 6.61 Å². The lowest BCUT2D eigenvalue weighted by Gasteiger charge is -2.41. The average Bonchev–Trinajstić information content (AvgIpc) is 3.22. The maximum Gasteiger partial charge on any atom is 0.358 e. The summed E-state index contributed by atoms with van der Waals surface area (Å²) in [6.07, 6.45) is 1.42. The van der Waals surface area contributed by atoms with Gasteiger partial charge in [-0.2, -0.15) is 5.10 Å². The normalized spacial score (nSPS) is 12.0. The molecule has 0 amide bonds. The van der Waals surface area contributed by atoms with Crippen molar-refractivity contribution in [2.45, 2.75) is 38.7 Å². The van der Waals surface area contributed by atoms with E-state index in [4.69, 9.17) is 4.74 Å². The molecule has 0 aliphatic carbocycles. The molecule has 0 radical (unpaired) electrons. The molecule has 2 aromatic carbocycles. The molecule has 0 bridgehead atoms. The number of hydrogen-bond acceptors (Lipinski definition) is 4. The average molecular weight is 409 g/mol. The molecule has 1 aromatic heterocycles. The minimum absolute atomic E-state index is 0.290. The second-order valence-electron chi connectivity index (χ2n) is 7.83. The molecule has 29 heavy (non-hydrogen) atoms. The van der Waals surface area contributed by atoms with Gasteiger partial charge in [-0.25, -0.2) is 4.79 Å². The number of rotatable bonds is 8. The Labute approximate surface area is 172 Å². The van der Waals surface area contributed by atoms with Gasteiger partial charge in [0, 0.05) is 5.69 Å². The molecule has 0 aliphatic heterocycles. The molecule has 0 atom stereocenters. The summed E-state index contributed by atoms with van der Waals surface area (Å²) in [6.45, 7) is 6.34. The van der Waals surface area contributed by atoms with Gasteiger partial charge < -0.3 is 9.53 Å². The predicted octanol–water partition coefficient (Wildman–Crippen LogP) is 3.05. The molecule has 0 saturated heterocycles. The molecule has 1 heterocycles. The summed E-state index contributed by atoms with van der Waals surface area (Å²) in [7, 11) is -3.04. The van der Waals surface area contributed by atoms with Crippen molar-refractivity contribution >= 4 is 24.7 Å². The number of nitrogens with zero attached hydrogens (tertiary/aromatic N) is 1. The SMILES string of the molecule is CCOC(=O)c1cc(CCC(C)(C)[Si](O)(c2ccccc2)c2ccccc2)[nH]n1. The van der Waals surface area contributed by atoms with E-state index in [1.807, 2.05) is 60.7 Å². The van der Waals surface area contributed by atoms with Gasteiger partial charge in [-0.3, -0.25) is 5.10 Å². The Bertz CT molecular complexity index is 900. The Morgan fingerprint density at radius 2 is 1.62 bits per heavy atom. The number of aryl methyl sites for hydroxylation is 1.